The van der Waals surface area contributed by atoms with Gasteiger partial charge in [-0.15, -0.1) is 0 Å². The van der Waals surface area contributed by atoms with E-state index in [0.717, 1.165) is 34.6 Å². The number of anilines is 1. The number of halogens is 1. The van der Waals surface area contributed by atoms with Gasteiger partial charge in [0.2, 0.25) is 0 Å². The van der Waals surface area contributed by atoms with Crippen molar-refractivity contribution in [1.82, 2.24) is 14.9 Å². The molecule has 194 valence electrons. The molecule has 0 saturated carbocycles. The van der Waals surface area contributed by atoms with Gasteiger partial charge in [-0.2, -0.15) is 0 Å². The minimum Gasteiger partial charge on any atom is -0.488 e. The van der Waals surface area contributed by atoms with Gasteiger partial charge < -0.3 is 29.4 Å². The second-order valence-electron chi connectivity index (χ2n) is 9.42. The Hall–Kier alpha value is -3.69. The zero-order valence-corrected chi connectivity index (χ0v) is 21.3. The van der Waals surface area contributed by atoms with Crippen LogP contribution in [-0.4, -0.2) is 53.7 Å². The Labute approximate surface area is 216 Å². The second-order valence-corrected chi connectivity index (χ2v) is 9.42. The maximum atomic E-state index is 13.4. The molecule has 1 aromatic carbocycles. The first-order valence-corrected chi connectivity index (χ1v) is 12.5. The first-order valence-electron chi connectivity index (χ1n) is 12.5. The highest BCUT2D eigenvalue weighted by atomic mass is 19.1. The molecule has 37 heavy (non-hydrogen) atoms. The van der Waals surface area contributed by atoms with Gasteiger partial charge in [0.1, 0.15) is 31.0 Å². The lowest BCUT2D eigenvalue weighted by Crippen LogP contribution is -2.53. The van der Waals surface area contributed by atoms with E-state index < -0.39 is 5.66 Å². The number of imidazole rings is 1. The van der Waals surface area contributed by atoms with Crippen LogP contribution in [0.15, 0.2) is 83.0 Å². The molecule has 0 radical (unpaired) electrons. The number of hydrogen-bond donors (Lipinski definition) is 2. The summed E-state index contributed by atoms with van der Waals surface area (Å²) in [6, 6.07) is 6.32. The maximum Gasteiger partial charge on any atom is 0.166 e. The lowest BCUT2D eigenvalue weighted by Gasteiger charge is -2.34. The lowest BCUT2D eigenvalue weighted by molar-refractivity contribution is -0.0927. The second kappa shape index (κ2) is 10.7. The van der Waals surface area contributed by atoms with Gasteiger partial charge in [-0.3, -0.25) is 4.99 Å². The number of nitrogens with zero attached hydrogens (tertiary/aromatic N) is 3. The van der Waals surface area contributed by atoms with E-state index in [1.807, 2.05) is 36.8 Å². The Balaban J connectivity index is 1.40. The largest absolute Gasteiger partial charge is 0.488 e. The maximum absolute atomic E-state index is 13.4. The fourth-order valence-corrected chi connectivity index (χ4v) is 4.38. The van der Waals surface area contributed by atoms with Crippen LogP contribution in [0, 0.1) is 12.7 Å². The lowest BCUT2D eigenvalue weighted by atomic mass is 10.1. The molecule has 0 amide bonds. The highest BCUT2D eigenvalue weighted by molar-refractivity contribution is 5.98. The number of fused-ring (bicyclic) bond motifs is 1. The normalized spacial score (nSPS) is 22.4. The first-order chi connectivity index (χ1) is 17.9. The van der Waals surface area contributed by atoms with Crippen molar-refractivity contribution in [3.8, 4) is 0 Å². The summed E-state index contributed by atoms with van der Waals surface area (Å²) in [5, 5.41) is 6.98. The average molecular weight is 506 g/mol. The molecular weight excluding hydrogens is 473 g/mol. The quantitative estimate of drug-likeness (QED) is 0.561. The van der Waals surface area contributed by atoms with Crippen LogP contribution in [0.5, 0.6) is 0 Å². The van der Waals surface area contributed by atoms with E-state index in [9.17, 15) is 4.39 Å². The van der Waals surface area contributed by atoms with Crippen molar-refractivity contribution in [3.63, 3.8) is 0 Å². The Kier molecular flexibility index (Phi) is 7.25. The molecule has 2 N–H and O–H groups in total. The number of nitrogens with one attached hydrogen (secondary N) is 2. The number of amidine groups is 1. The molecule has 3 aliphatic rings. The summed E-state index contributed by atoms with van der Waals surface area (Å²) in [4.78, 5) is 9.10. The molecule has 3 heterocycles. The molecule has 8 nitrogen and oxygen atoms in total. The van der Waals surface area contributed by atoms with Crippen LogP contribution in [-0.2, 0) is 14.2 Å². The molecule has 0 bridgehead atoms. The van der Waals surface area contributed by atoms with Crippen molar-refractivity contribution < 1.29 is 18.6 Å². The van der Waals surface area contributed by atoms with Gasteiger partial charge in [-0.05, 0) is 68.3 Å². The standard InChI is InChI=1S/C28H32FN5O3/c1-4-28(3,32-22-8-6-21(29)7-9-22)33-27-26(36-12-11-30-27)14-20-5-10-24(34-15-19(2)31-17-34)23-16-35-18-37-25(23)13-20/h5-10,13-15,17,25,32H,4,11-12,16,18H2,1-3H3,(H,30,33)/b26-14-. The zero-order chi connectivity index (χ0) is 25.8. The minimum absolute atomic E-state index is 0.230. The minimum atomic E-state index is -0.533. The summed E-state index contributed by atoms with van der Waals surface area (Å²) in [6.45, 7) is 7.86. The number of allylic oxidation sites excluding steroid dienone is 5. The summed E-state index contributed by atoms with van der Waals surface area (Å²) in [7, 11) is 0. The van der Waals surface area contributed by atoms with Crippen LogP contribution in [0.3, 0.4) is 0 Å². The molecule has 1 aliphatic carbocycles. The molecule has 2 atom stereocenters. The number of ether oxygens (including phenoxy) is 3. The highest BCUT2D eigenvalue weighted by Crippen LogP contribution is 2.28. The highest BCUT2D eigenvalue weighted by Gasteiger charge is 2.28. The van der Waals surface area contributed by atoms with Gasteiger partial charge in [0.15, 0.2) is 11.6 Å². The van der Waals surface area contributed by atoms with Gasteiger partial charge >= 0.3 is 0 Å². The molecule has 1 fully saturated rings. The molecular formula is C28H32FN5O3. The number of hydrogen-bond acceptors (Lipinski definition) is 7. The summed E-state index contributed by atoms with van der Waals surface area (Å²) in [5.41, 5.74) is 4.17. The monoisotopic (exact) mass is 505 g/mol. The molecule has 2 aliphatic heterocycles. The fourth-order valence-electron chi connectivity index (χ4n) is 4.38. The summed E-state index contributed by atoms with van der Waals surface area (Å²) < 4.78 is 33.0. The molecule has 5 rings (SSSR count). The average Bonchev–Trinajstić information content (AvgIpc) is 3.24. The summed E-state index contributed by atoms with van der Waals surface area (Å²) in [5.74, 6) is 1.04. The Morgan fingerprint density at radius 3 is 2.81 bits per heavy atom. The molecule has 0 spiro atoms. The van der Waals surface area contributed by atoms with Gasteiger partial charge in [-0.1, -0.05) is 13.0 Å². The van der Waals surface area contributed by atoms with Crippen LogP contribution in [0.25, 0.3) is 5.70 Å². The van der Waals surface area contributed by atoms with Crippen LogP contribution in [0.4, 0.5) is 10.1 Å². The Morgan fingerprint density at radius 1 is 1.22 bits per heavy atom. The van der Waals surface area contributed by atoms with Crippen LogP contribution >= 0.6 is 0 Å². The van der Waals surface area contributed by atoms with Crippen molar-refractivity contribution in [1.29, 1.82) is 0 Å². The van der Waals surface area contributed by atoms with E-state index in [4.69, 9.17) is 19.2 Å². The number of benzene rings is 1. The molecule has 9 heteroatoms. The van der Waals surface area contributed by atoms with E-state index in [2.05, 4.69) is 34.7 Å². The van der Waals surface area contributed by atoms with Crippen molar-refractivity contribution in [2.75, 3.05) is 31.9 Å². The van der Waals surface area contributed by atoms with Crippen molar-refractivity contribution in [2.24, 2.45) is 4.99 Å². The van der Waals surface area contributed by atoms with Crippen molar-refractivity contribution >= 4 is 17.2 Å². The number of aliphatic imine (C=N–C) groups is 1. The van der Waals surface area contributed by atoms with Crippen LogP contribution < -0.4 is 10.6 Å². The van der Waals surface area contributed by atoms with Gasteiger partial charge in [0.05, 0.1) is 30.9 Å². The fraction of sp³-hybridized carbons (Fsp3) is 0.357. The van der Waals surface area contributed by atoms with Crippen molar-refractivity contribution in [2.45, 2.75) is 39.0 Å². The van der Waals surface area contributed by atoms with E-state index in [0.29, 0.717) is 31.4 Å². The zero-order valence-electron chi connectivity index (χ0n) is 21.3. The summed E-state index contributed by atoms with van der Waals surface area (Å²) in [6.07, 6.45) is 12.4. The first kappa shape index (κ1) is 25.0. The van der Waals surface area contributed by atoms with Crippen LogP contribution in [0.2, 0.25) is 0 Å². The van der Waals surface area contributed by atoms with E-state index in [1.165, 1.54) is 12.1 Å². The molecule has 2 aromatic rings. The van der Waals surface area contributed by atoms with Gasteiger partial charge in [-0.25, -0.2) is 9.37 Å². The predicted molar refractivity (Wildman–Crippen MR) is 141 cm³/mol. The smallest absolute Gasteiger partial charge is 0.166 e. The summed E-state index contributed by atoms with van der Waals surface area (Å²) >= 11 is 0. The predicted octanol–water partition coefficient (Wildman–Crippen LogP) is 4.55. The number of rotatable bonds is 6. The van der Waals surface area contributed by atoms with E-state index >= 15 is 0 Å². The van der Waals surface area contributed by atoms with Gasteiger partial charge in [0, 0.05) is 17.5 Å². The van der Waals surface area contributed by atoms with Crippen LogP contribution in [0.1, 0.15) is 26.0 Å². The SMILES string of the molecule is CCC(C)(NC1=NCCO/C1=C\C1=CC2OCOCC2=C(n2cnc(C)c2)C=C1)Nc1ccc(F)cc1. The number of aromatic nitrogens is 2. The van der Waals surface area contributed by atoms with E-state index in [1.54, 1.807) is 18.5 Å². The Bertz CT molecular complexity index is 1290. The molecule has 1 saturated heterocycles. The molecule has 2 unspecified atom stereocenters. The number of aryl methyl sites for hydroxylation is 1. The van der Waals surface area contributed by atoms with E-state index in [-0.39, 0.29) is 18.7 Å². The van der Waals surface area contributed by atoms with Crippen molar-refractivity contribution in [3.05, 3.63) is 89.5 Å². The third-order valence-corrected chi connectivity index (χ3v) is 6.54. The molecule has 1 aromatic heterocycles. The third-order valence-electron chi connectivity index (χ3n) is 6.54. The topological polar surface area (TPSA) is 81.9 Å². The third kappa shape index (κ3) is 5.84. The Morgan fingerprint density at radius 2 is 2.05 bits per heavy atom. The van der Waals surface area contributed by atoms with Gasteiger partial charge in [0.25, 0.3) is 0 Å².